The van der Waals surface area contributed by atoms with E-state index >= 15 is 0 Å². The normalized spacial score (nSPS) is 11.6. The van der Waals surface area contributed by atoms with Crippen molar-refractivity contribution in [1.82, 2.24) is 4.83 Å². The van der Waals surface area contributed by atoms with Crippen LogP contribution in [-0.4, -0.2) is 19.6 Å². The molecule has 0 spiro atoms. The van der Waals surface area contributed by atoms with Crippen LogP contribution in [0.1, 0.15) is 22.3 Å². The summed E-state index contributed by atoms with van der Waals surface area (Å²) in [5.74, 6) is 0. The van der Waals surface area contributed by atoms with Crippen LogP contribution in [0.15, 0.2) is 46.4 Å². The number of sulfonamides is 1. The maximum absolute atomic E-state index is 12.2. The fraction of sp³-hybridized carbons (Fsp3) is 0.188. The lowest BCUT2D eigenvalue weighted by Gasteiger charge is -2.05. The minimum absolute atomic E-state index is 0.211. The largest absolute Gasteiger partial charge is 0.276 e. The molecule has 2 aromatic rings. The van der Waals surface area contributed by atoms with Gasteiger partial charge >= 0.3 is 0 Å². The van der Waals surface area contributed by atoms with Gasteiger partial charge in [-0.05, 0) is 38.0 Å². The van der Waals surface area contributed by atoms with Gasteiger partial charge in [-0.1, -0.05) is 29.8 Å². The summed E-state index contributed by atoms with van der Waals surface area (Å²) in [5, 5.41) is 14.7. The number of rotatable bonds is 5. The molecule has 0 bridgehead atoms. The zero-order chi connectivity index (χ0) is 17.9. The van der Waals surface area contributed by atoms with Gasteiger partial charge in [0.25, 0.3) is 15.7 Å². The molecule has 0 aromatic heterocycles. The van der Waals surface area contributed by atoms with Gasteiger partial charge in [-0.3, -0.25) is 10.1 Å². The summed E-state index contributed by atoms with van der Waals surface area (Å²) in [6.45, 7) is 5.40. The van der Waals surface area contributed by atoms with Gasteiger partial charge in [0.15, 0.2) is 0 Å². The van der Waals surface area contributed by atoms with Crippen molar-refractivity contribution in [1.29, 1.82) is 0 Å². The third kappa shape index (κ3) is 3.96. The Morgan fingerprint density at radius 1 is 1.08 bits per heavy atom. The third-order valence-corrected chi connectivity index (χ3v) is 4.71. The molecule has 0 fully saturated rings. The van der Waals surface area contributed by atoms with Crippen molar-refractivity contribution in [2.24, 2.45) is 5.10 Å². The summed E-state index contributed by atoms with van der Waals surface area (Å²) in [4.78, 5) is 12.2. The van der Waals surface area contributed by atoms with Crippen molar-refractivity contribution in [3.05, 3.63) is 68.8 Å². The fourth-order valence-electron chi connectivity index (χ4n) is 2.14. The molecule has 0 radical (unpaired) electrons. The number of hydrogen-bond donors (Lipinski definition) is 1. The van der Waals surface area contributed by atoms with Crippen LogP contribution >= 0.6 is 0 Å². The van der Waals surface area contributed by atoms with Gasteiger partial charge in [0, 0.05) is 11.6 Å². The molecule has 8 heteroatoms. The van der Waals surface area contributed by atoms with E-state index in [0.29, 0.717) is 5.56 Å². The molecule has 0 heterocycles. The molecule has 126 valence electrons. The number of nitrogens with zero attached hydrogens (tertiary/aromatic N) is 2. The van der Waals surface area contributed by atoms with E-state index in [2.05, 4.69) is 9.93 Å². The maximum atomic E-state index is 12.2. The van der Waals surface area contributed by atoms with Crippen LogP contribution in [0.3, 0.4) is 0 Å². The Bertz CT molecular complexity index is 921. The van der Waals surface area contributed by atoms with Crippen LogP contribution in [0.25, 0.3) is 0 Å². The molecular formula is C16H17N3O4S. The van der Waals surface area contributed by atoms with Crippen molar-refractivity contribution in [2.75, 3.05) is 0 Å². The Hall–Kier alpha value is -2.74. The van der Waals surface area contributed by atoms with Crippen molar-refractivity contribution in [3.63, 3.8) is 0 Å². The summed E-state index contributed by atoms with van der Waals surface area (Å²) in [6, 6.07) is 9.40. The average Bonchev–Trinajstić information content (AvgIpc) is 2.49. The van der Waals surface area contributed by atoms with Gasteiger partial charge < -0.3 is 0 Å². The first-order valence-electron chi connectivity index (χ1n) is 7.08. The molecule has 2 rings (SSSR count). The Kier molecular flexibility index (Phi) is 4.99. The second kappa shape index (κ2) is 6.79. The highest BCUT2D eigenvalue weighted by atomic mass is 32.2. The monoisotopic (exact) mass is 347 g/mol. The lowest BCUT2D eigenvalue weighted by Crippen LogP contribution is -2.18. The number of hydrogen-bond acceptors (Lipinski definition) is 5. The minimum Gasteiger partial charge on any atom is -0.258 e. The smallest absolute Gasteiger partial charge is 0.258 e. The highest BCUT2D eigenvalue weighted by Gasteiger charge is 2.19. The zero-order valence-corrected chi connectivity index (χ0v) is 14.3. The van der Waals surface area contributed by atoms with Gasteiger partial charge in [-0.25, -0.2) is 4.83 Å². The third-order valence-electron chi connectivity index (χ3n) is 3.49. The van der Waals surface area contributed by atoms with Crippen molar-refractivity contribution >= 4 is 21.9 Å². The Balaban J connectivity index is 2.24. The predicted octanol–water partition coefficient (Wildman–Crippen LogP) is 2.83. The average molecular weight is 347 g/mol. The molecule has 0 atom stereocenters. The van der Waals surface area contributed by atoms with Crippen LogP contribution in [0, 0.1) is 30.9 Å². The quantitative estimate of drug-likeness (QED) is 0.510. The van der Waals surface area contributed by atoms with Gasteiger partial charge in [0.2, 0.25) is 0 Å². The molecule has 24 heavy (non-hydrogen) atoms. The molecule has 0 saturated heterocycles. The standard InChI is InChI=1S/C16H17N3O4S/c1-11-4-6-14(13(3)8-11)10-17-18-24(22,23)15-7-5-12(2)16(9-15)19(20)21/h4-10,18H,1-3H3/b17-10-. The van der Waals surface area contributed by atoms with Crippen LogP contribution in [0.5, 0.6) is 0 Å². The molecule has 1 N–H and O–H groups in total. The molecular weight excluding hydrogens is 330 g/mol. The predicted molar refractivity (Wildman–Crippen MR) is 91.7 cm³/mol. The minimum atomic E-state index is -3.98. The lowest BCUT2D eigenvalue weighted by molar-refractivity contribution is -0.385. The number of benzene rings is 2. The SMILES string of the molecule is Cc1ccc(/C=N\NS(=O)(=O)c2ccc(C)c([N+](=O)[O-])c2)c(C)c1. The first kappa shape index (κ1) is 17.6. The van der Waals surface area contributed by atoms with Crippen molar-refractivity contribution < 1.29 is 13.3 Å². The van der Waals surface area contributed by atoms with Gasteiger partial charge in [-0.15, -0.1) is 0 Å². The van der Waals surface area contributed by atoms with Crippen LogP contribution < -0.4 is 4.83 Å². The van der Waals surface area contributed by atoms with E-state index in [1.807, 2.05) is 32.0 Å². The van der Waals surface area contributed by atoms with Crippen molar-refractivity contribution in [3.8, 4) is 0 Å². The zero-order valence-electron chi connectivity index (χ0n) is 13.5. The molecule has 0 unspecified atom stereocenters. The van der Waals surface area contributed by atoms with Crippen LogP contribution in [0.2, 0.25) is 0 Å². The molecule has 0 aliphatic carbocycles. The van der Waals surface area contributed by atoms with E-state index in [-0.39, 0.29) is 10.6 Å². The van der Waals surface area contributed by atoms with E-state index in [4.69, 9.17) is 0 Å². The van der Waals surface area contributed by atoms with Gasteiger partial charge in [-0.2, -0.15) is 13.5 Å². The second-order valence-electron chi connectivity index (χ2n) is 5.42. The summed E-state index contributed by atoms with van der Waals surface area (Å²) < 4.78 is 24.4. The first-order chi connectivity index (χ1) is 11.2. The second-order valence-corrected chi connectivity index (χ2v) is 7.08. The number of hydrazone groups is 1. The van der Waals surface area contributed by atoms with Gasteiger partial charge in [0.1, 0.15) is 0 Å². The number of nitro groups is 1. The number of aryl methyl sites for hydroxylation is 3. The number of nitrogens with one attached hydrogen (secondary N) is 1. The Morgan fingerprint density at radius 2 is 1.79 bits per heavy atom. The van der Waals surface area contributed by atoms with Crippen LogP contribution in [0.4, 0.5) is 5.69 Å². The Labute approximate surface area is 140 Å². The highest BCUT2D eigenvalue weighted by molar-refractivity contribution is 7.89. The van der Waals surface area contributed by atoms with Crippen LogP contribution in [-0.2, 0) is 10.0 Å². The summed E-state index contributed by atoms with van der Waals surface area (Å²) in [6.07, 6.45) is 1.40. The van der Waals surface area contributed by atoms with E-state index in [0.717, 1.165) is 22.8 Å². The topological polar surface area (TPSA) is 102 Å². The van der Waals surface area contributed by atoms with E-state index in [9.17, 15) is 18.5 Å². The van der Waals surface area contributed by atoms with Crippen molar-refractivity contribution in [2.45, 2.75) is 25.7 Å². The summed E-state index contributed by atoms with van der Waals surface area (Å²) in [5.41, 5.74) is 2.97. The molecule has 0 aliphatic rings. The highest BCUT2D eigenvalue weighted by Crippen LogP contribution is 2.22. The summed E-state index contributed by atoms with van der Waals surface area (Å²) in [7, 11) is -3.98. The van der Waals surface area contributed by atoms with E-state index in [1.165, 1.54) is 18.3 Å². The van der Waals surface area contributed by atoms with E-state index < -0.39 is 14.9 Å². The maximum Gasteiger partial charge on any atom is 0.276 e. The molecule has 7 nitrogen and oxygen atoms in total. The van der Waals surface area contributed by atoms with Gasteiger partial charge in [0.05, 0.1) is 16.0 Å². The summed E-state index contributed by atoms with van der Waals surface area (Å²) >= 11 is 0. The van der Waals surface area contributed by atoms with E-state index in [1.54, 1.807) is 6.92 Å². The molecule has 0 amide bonds. The number of nitro benzene ring substituents is 1. The molecule has 0 saturated carbocycles. The lowest BCUT2D eigenvalue weighted by atomic mass is 10.1. The first-order valence-corrected chi connectivity index (χ1v) is 8.56. The molecule has 2 aromatic carbocycles. The Morgan fingerprint density at radius 3 is 2.42 bits per heavy atom. The fourth-order valence-corrected chi connectivity index (χ4v) is 2.95. The molecule has 0 aliphatic heterocycles.